The van der Waals surface area contributed by atoms with Gasteiger partial charge in [0.25, 0.3) is 0 Å². The fourth-order valence-corrected chi connectivity index (χ4v) is 2.61. The lowest BCUT2D eigenvalue weighted by molar-refractivity contribution is 0.332. The second-order valence-corrected chi connectivity index (χ2v) is 6.93. The largest absolute Gasteiger partial charge is 0.492 e. The van der Waals surface area contributed by atoms with Crippen LogP contribution in [0.1, 0.15) is 0 Å². The number of hydrogen-bond donors (Lipinski definition) is 1. The highest BCUT2D eigenvalue weighted by atomic mass is 35.5. The first-order valence-electron chi connectivity index (χ1n) is 6.38. The molecule has 0 aromatic heterocycles. The van der Waals surface area contributed by atoms with Gasteiger partial charge in [0.15, 0.2) is 9.84 Å². The van der Waals surface area contributed by atoms with Gasteiger partial charge < -0.3 is 10.1 Å². The van der Waals surface area contributed by atoms with Crippen LogP contribution in [0.4, 0.5) is 5.69 Å². The highest BCUT2D eigenvalue weighted by Gasteiger charge is 2.07. The molecule has 1 N–H and O–H groups in total. The lowest BCUT2D eigenvalue weighted by Crippen LogP contribution is -2.11. The molecule has 0 atom stereocenters. The van der Waals surface area contributed by atoms with Crippen molar-refractivity contribution in [3.8, 4) is 5.75 Å². The summed E-state index contributed by atoms with van der Waals surface area (Å²) in [6, 6.07) is 13.9. The first kappa shape index (κ1) is 15.7. The molecule has 2 aromatic rings. The number of hydrogen-bond acceptors (Lipinski definition) is 4. The molecule has 0 radical (unpaired) electrons. The topological polar surface area (TPSA) is 55.4 Å². The van der Waals surface area contributed by atoms with Gasteiger partial charge in [-0.15, -0.1) is 0 Å². The fourth-order valence-electron chi connectivity index (χ4n) is 1.75. The molecule has 0 unspecified atom stereocenters. The molecule has 0 spiro atoms. The van der Waals surface area contributed by atoms with Crippen LogP contribution in [-0.4, -0.2) is 27.8 Å². The summed E-state index contributed by atoms with van der Waals surface area (Å²) in [5.74, 6) is 0.527. The zero-order valence-corrected chi connectivity index (χ0v) is 13.1. The van der Waals surface area contributed by atoms with E-state index in [-0.39, 0.29) is 4.90 Å². The minimum absolute atomic E-state index is 0.249. The maximum absolute atomic E-state index is 11.5. The van der Waals surface area contributed by atoms with Crippen molar-refractivity contribution >= 4 is 27.1 Å². The molecule has 0 aliphatic carbocycles. The van der Waals surface area contributed by atoms with Gasteiger partial charge >= 0.3 is 0 Å². The summed E-state index contributed by atoms with van der Waals surface area (Å²) >= 11 is 6.02. The van der Waals surface area contributed by atoms with Crippen LogP contribution in [0.15, 0.2) is 53.4 Å². The van der Waals surface area contributed by atoms with E-state index < -0.39 is 9.84 Å². The van der Waals surface area contributed by atoms with E-state index in [1.54, 1.807) is 24.3 Å². The number of sulfone groups is 1. The molecule has 2 rings (SSSR count). The Morgan fingerprint density at radius 1 is 1.14 bits per heavy atom. The lowest BCUT2D eigenvalue weighted by Gasteiger charge is -2.10. The molecule has 6 heteroatoms. The van der Waals surface area contributed by atoms with E-state index in [0.29, 0.717) is 23.9 Å². The highest BCUT2D eigenvalue weighted by molar-refractivity contribution is 7.90. The number of ether oxygens (including phenoxy) is 1. The second-order valence-electron chi connectivity index (χ2n) is 4.50. The van der Waals surface area contributed by atoms with Crippen molar-refractivity contribution in [1.29, 1.82) is 0 Å². The third-order valence-electron chi connectivity index (χ3n) is 2.79. The SMILES string of the molecule is CS(=O)(=O)c1cccc(OCCNc2ccccc2Cl)c1. The first-order chi connectivity index (χ1) is 9.97. The van der Waals surface area contributed by atoms with Crippen molar-refractivity contribution in [2.75, 3.05) is 24.7 Å². The molecule has 112 valence electrons. The van der Waals surface area contributed by atoms with Crippen LogP contribution in [-0.2, 0) is 9.84 Å². The Morgan fingerprint density at radius 2 is 1.90 bits per heavy atom. The molecule has 0 saturated heterocycles. The van der Waals surface area contributed by atoms with Crippen LogP contribution in [0.3, 0.4) is 0 Å². The van der Waals surface area contributed by atoms with Crippen LogP contribution in [0.25, 0.3) is 0 Å². The first-order valence-corrected chi connectivity index (χ1v) is 8.65. The Bertz CT molecular complexity index is 716. The number of halogens is 1. The molecule has 0 aliphatic rings. The third-order valence-corrected chi connectivity index (χ3v) is 4.23. The summed E-state index contributed by atoms with van der Waals surface area (Å²) in [6.07, 6.45) is 1.17. The Balaban J connectivity index is 1.88. The number of rotatable bonds is 6. The van der Waals surface area contributed by atoms with Gasteiger partial charge in [-0.2, -0.15) is 0 Å². The third kappa shape index (κ3) is 4.65. The monoisotopic (exact) mass is 325 g/mol. The van der Waals surface area contributed by atoms with Gasteiger partial charge in [0.2, 0.25) is 0 Å². The summed E-state index contributed by atoms with van der Waals surface area (Å²) in [4.78, 5) is 0.249. The summed E-state index contributed by atoms with van der Waals surface area (Å²) < 4.78 is 28.4. The van der Waals surface area contributed by atoms with Gasteiger partial charge in [0.05, 0.1) is 15.6 Å². The van der Waals surface area contributed by atoms with Crippen molar-refractivity contribution in [3.63, 3.8) is 0 Å². The Morgan fingerprint density at radius 3 is 2.62 bits per heavy atom. The van der Waals surface area contributed by atoms with Gasteiger partial charge in [-0.25, -0.2) is 8.42 Å². The van der Waals surface area contributed by atoms with Crippen molar-refractivity contribution < 1.29 is 13.2 Å². The molecule has 0 heterocycles. The molecule has 0 saturated carbocycles. The highest BCUT2D eigenvalue weighted by Crippen LogP contribution is 2.20. The zero-order chi connectivity index (χ0) is 15.3. The number of para-hydroxylation sites is 1. The van der Waals surface area contributed by atoms with E-state index in [1.165, 1.54) is 12.3 Å². The standard InChI is InChI=1S/C15H16ClNO3S/c1-21(18,19)13-6-4-5-12(11-13)20-10-9-17-15-8-3-2-7-14(15)16/h2-8,11,17H,9-10H2,1H3. The van der Waals surface area contributed by atoms with Gasteiger partial charge in [0.1, 0.15) is 12.4 Å². The Kier molecular flexibility index (Phi) is 5.09. The summed E-state index contributed by atoms with van der Waals surface area (Å²) in [5, 5.41) is 3.80. The van der Waals surface area contributed by atoms with E-state index in [4.69, 9.17) is 16.3 Å². The van der Waals surface area contributed by atoms with Crippen LogP contribution < -0.4 is 10.1 Å². The zero-order valence-electron chi connectivity index (χ0n) is 11.5. The number of benzene rings is 2. The lowest BCUT2D eigenvalue weighted by atomic mass is 10.3. The average molecular weight is 326 g/mol. The quantitative estimate of drug-likeness (QED) is 0.828. The smallest absolute Gasteiger partial charge is 0.175 e. The fraction of sp³-hybridized carbons (Fsp3) is 0.200. The van der Waals surface area contributed by atoms with Crippen LogP contribution in [0, 0.1) is 0 Å². The van der Waals surface area contributed by atoms with Crippen LogP contribution >= 0.6 is 11.6 Å². The maximum Gasteiger partial charge on any atom is 0.175 e. The Hall–Kier alpha value is -1.72. The molecule has 0 fully saturated rings. The van der Waals surface area contributed by atoms with Gasteiger partial charge in [0, 0.05) is 12.8 Å². The summed E-state index contributed by atoms with van der Waals surface area (Å²) in [5.41, 5.74) is 0.840. The van der Waals surface area contributed by atoms with Gasteiger partial charge in [-0.3, -0.25) is 0 Å². The predicted molar refractivity (Wildman–Crippen MR) is 85.0 cm³/mol. The molecular weight excluding hydrogens is 310 g/mol. The molecule has 21 heavy (non-hydrogen) atoms. The summed E-state index contributed by atoms with van der Waals surface area (Å²) in [6.45, 7) is 0.964. The van der Waals surface area contributed by atoms with E-state index in [2.05, 4.69) is 5.32 Å². The van der Waals surface area contributed by atoms with E-state index in [9.17, 15) is 8.42 Å². The molecule has 0 aliphatic heterocycles. The average Bonchev–Trinajstić information content (AvgIpc) is 2.45. The Labute approximate surface area is 129 Å². The van der Waals surface area contributed by atoms with Gasteiger partial charge in [-0.1, -0.05) is 29.8 Å². The van der Waals surface area contributed by atoms with Crippen molar-refractivity contribution in [2.24, 2.45) is 0 Å². The normalized spacial score (nSPS) is 11.1. The van der Waals surface area contributed by atoms with Crippen molar-refractivity contribution in [1.82, 2.24) is 0 Å². The van der Waals surface area contributed by atoms with Crippen LogP contribution in [0.2, 0.25) is 5.02 Å². The molecule has 0 amide bonds. The molecule has 0 bridgehead atoms. The second kappa shape index (κ2) is 6.83. The molecule has 2 aromatic carbocycles. The minimum Gasteiger partial charge on any atom is -0.492 e. The van der Waals surface area contributed by atoms with Crippen LogP contribution in [0.5, 0.6) is 5.75 Å². The van der Waals surface area contributed by atoms with Gasteiger partial charge in [-0.05, 0) is 30.3 Å². The number of anilines is 1. The van der Waals surface area contributed by atoms with E-state index in [1.807, 2.05) is 18.2 Å². The minimum atomic E-state index is -3.22. The molecular formula is C15H16ClNO3S. The maximum atomic E-state index is 11.5. The van der Waals surface area contributed by atoms with Crippen molar-refractivity contribution in [2.45, 2.75) is 4.90 Å². The van der Waals surface area contributed by atoms with Crippen molar-refractivity contribution in [3.05, 3.63) is 53.6 Å². The van der Waals surface area contributed by atoms with E-state index >= 15 is 0 Å². The summed E-state index contributed by atoms with van der Waals surface area (Å²) in [7, 11) is -3.22. The van der Waals surface area contributed by atoms with E-state index in [0.717, 1.165) is 5.69 Å². The number of nitrogens with one attached hydrogen (secondary N) is 1. The molecule has 4 nitrogen and oxygen atoms in total. The predicted octanol–water partition coefficient (Wildman–Crippen LogP) is 3.23.